The monoisotopic (exact) mass is 332 g/mol. The molecular weight excluding hydrogens is 314 g/mol. The van der Waals surface area contributed by atoms with Crippen molar-refractivity contribution in [3.63, 3.8) is 0 Å². The lowest BCUT2D eigenvalue weighted by molar-refractivity contribution is -0.117. The first kappa shape index (κ1) is 16.4. The Balaban J connectivity index is 1.61. The van der Waals surface area contributed by atoms with Crippen LogP contribution in [-0.2, 0) is 17.8 Å². The largest absolute Gasteiger partial charge is 0.433 e. The Hall–Kier alpha value is -2.47. The van der Waals surface area contributed by atoms with Crippen molar-refractivity contribution in [3.05, 3.63) is 59.7 Å². The van der Waals surface area contributed by atoms with E-state index in [2.05, 4.69) is 22.2 Å². The van der Waals surface area contributed by atoms with Crippen LogP contribution in [0.5, 0.6) is 5.75 Å². The van der Waals surface area contributed by atoms with Gasteiger partial charge >= 0.3 is 6.61 Å². The molecule has 0 saturated carbocycles. The van der Waals surface area contributed by atoms with Crippen molar-refractivity contribution >= 4 is 11.6 Å². The fourth-order valence-electron chi connectivity index (χ4n) is 2.85. The second kappa shape index (κ2) is 7.40. The Labute approximate surface area is 139 Å². The van der Waals surface area contributed by atoms with Gasteiger partial charge in [-0.25, -0.2) is 0 Å². The minimum atomic E-state index is -2.93. The van der Waals surface area contributed by atoms with Crippen LogP contribution in [-0.4, -0.2) is 30.5 Å². The molecule has 0 aromatic heterocycles. The molecule has 1 aliphatic heterocycles. The number of hydrogen-bond acceptors (Lipinski definition) is 3. The molecule has 0 unspecified atom stereocenters. The number of halogens is 2. The molecule has 4 nitrogen and oxygen atoms in total. The first-order valence-electron chi connectivity index (χ1n) is 7.74. The molecule has 2 aromatic carbocycles. The number of fused-ring (bicyclic) bond motifs is 1. The minimum absolute atomic E-state index is 0.0372. The third-order valence-corrected chi connectivity index (χ3v) is 3.95. The van der Waals surface area contributed by atoms with E-state index in [-0.39, 0.29) is 23.9 Å². The van der Waals surface area contributed by atoms with Gasteiger partial charge in [0.25, 0.3) is 0 Å². The van der Waals surface area contributed by atoms with E-state index in [0.29, 0.717) is 6.54 Å². The summed E-state index contributed by atoms with van der Waals surface area (Å²) >= 11 is 0. The summed E-state index contributed by atoms with van der Waals surface area (Å²) in [7, 11) is 0. The number of rotatable bonds is 5. The summed E-state index contributed by atoms with van der Waals surface area (Å²) < 4.78 is 29.2. The van der Waals surface area contributed by atoms with Crippen molar-refractivity contribution < 1.29 is 18.3 Å². The highest BCUT2D eigenvalue weighted by Crippen LogP contribution is 2.25. The topological polar surface area (TPSA) is 41.6 Å². The van der Waals surface area contributed by atoms with Gasteiger partial charge in [0.1, 0.15) is 5.75 Å². The highest BCUT2D eigenvalue weighted by molar-refractivity contribution is 5.93. The van der Waals surface area contributed by atoms with Crippen LogP contribution in [0.15, 0.2) is 48.5 Å². The summed E-state index contributed by atoms with van der Waals surface area (Å²) in [5.74, 6) is -0.287. The van der Waals surface area contributed by atoms with Gasteiger partial charge in [0.15, 0.2) is 0 Å². The molecule has 1 heterocycles. The first-order chi connectivity index (χ1) is 11.6. The van der Waals surface area contributed by atoms with Crippen LogP contribution in [0.4, 0.5) is 14.5 Å². The molecule has 1 aliphatic rings. The Bertz CT molecular complexity index is 722. The summed E-state index contributed by atoms with van der Waals surface area (Å²) in [5.41, 5.74) is 2.78. The molecule has 1 N–H and O–H groups in total. The standard InChI is InChI=1S/C18H18F2N2O2/c19-18(20)24-16-8-4-3-7-15(16)21-17(23)12-22-10-9-13-5-1-2-6-14(13)11-22/h1-8,18H,9-12H2,(H,21,23). The number of para-hydroxylation sites is 2. The smallest absolute Gasteiger partial charge is 0.387 e. The number of nitrogens with zero attached hydrogens (tertiary/aromatic N) is 1. The van der Waals surface area contributed by atoms with Gasteiger partial charge in [-0.3, -0.25) is 9.69 Å². The number of benzene rings is 2. The van der Waals surface area contributed by atoms with E-state index in [1.165, 1.54) is 17.2 Å². The van der Waals surface area contributed by atoms with E-state index in [4.69, 9.17) is 0 Å². The van der Waals surface area contributed by atoms with E-state index < -0.39 is 6.61 Å². The highest BCUT2D eigenvalue weighted by Gasteiger charge is 2.19. The first-order valence-corrected chi connectivity index (χ1v) is 7.74. The van der Waals surface area contributed by atoms with Gasteiger partial charge in [-0.1, -0.05) is 36.4 Å². The SMILES string of the molecule is O=C(CN1CCc2ccccc2C1)Nc1ccccc1OC(F)F. The average Bonchev–Trinajstić information content (AvgIpc) is 2.56. The van der Waals surface area contributed by atoms with Gasteiger partial charge < -0.3 is 10.1 Å². The van der Waals surface area contributed by atoms with E-state index in [1.807, 2.05) is 17.0 Å². The molecule has 2 aromatic rings. The maximum absolute atomic E-state index is 12.4. The van der Waals surface area contributed by atoms with E-state index in [1.54, 1.807) is 18.2 Å². The molecule has 0 radical (unpaired) electrons. The molecule has 0 fully saturated rings. The third kappa shape index (κ3) is 4.08. The maximum atomic E-state index is 12.4. The lowest BCUT2D eigenvalue weighted by Gasteiger charge is -2.28. The zero-order valence-electron chi connectivity index (χ0n) is 13.0. The molecule has 6 heteroatoms. The highest BCUT2D eigenvalue weighted by atomic mass is 19.3. The number of ether oxygens (including phenoxy) is 1. The second-order valence-corrected chi connectivity index (χ2v) is 5.65. The predicted molar refractivity (Wildman–Crippen MR) is 87.1 cm³/mol. The summed E-state index contributed by atoms with van der Waals surface area (Å²) in [4.78, 5) is 14.3. The van der Waals surface area contributed by atoms with Crippen molar-refractivity contribution in [2.24, 2.45) is 0 Å². The van der Waals surface area contributed by atoms with Gasteiger partial charge in [-0.2, -0.15) is 8.78 Å². The normalized spacial score (nSPS) is 14.3. The maximum Gasteiger partial charge on any atom is 0.387 e. The van der Waals surface area contributed by atoms with E-state index in [0.717, 1.165) is 13.0 Å². The Morgan fingerprint density at radius 3 is 2.62 bits per heavy atom. The van der Waals surface area contributed by atoms with Crippen LogP contribution in [0.25, 0.3) is 0 Å². The van der Waals surface area contributed by atoms with Gasteiger partial charge in [-0.05, 0) is 29.7 Å². The summed E-state index contributed by atoms with van der Waals surface area (Å²) in [6.45, 7) is -1.22. The number of carbonyl (C=O) groups excluding carboxylic acids is 1. The predicted octanol–water partition coefficient (Wildman–Crippen LogP) is 3.28. The molecule has 24 heavy (non-hydrogen) atoms. The number of alkyl halides is 2. The molecule has 3 rings (SSSR count). The molecule has 0 bridgehead atoms. The lowest BCUT2D eigenvalue weighted by Crippen LogP contribution is -2.37. The Morgan fingerprint density at radius 1 is 1.12 bits per heavy atom. The average molecular weight is 332 g/mol. The van der Waals surface area contributed by atoms with Gasteiger partial charge in [0.05, 0.1) is 12.2 Å². The number of hydrogen-bond donors (Lipinski definition) is 1. The number of nitrogens with one attached hydrogen (secondary N) is 1. The number of carbonyl (C=O) groups is 1. The second-order valence-electron chi connectivity index (χ2n) is 5.65. The number of amides is 1. The van der Waals surface area contributed by atoms with Crippen LogP contribution >= 0.6 is 0 Å². The van der Waals surface area contributed by atoms with E-state index >= 15 is 0 Å². The molecule has 0 saturated heterocycles. The van der Waals surface area contributed by atoms with Gasteiger partial charge in [0, 0.05) is 13.1 Å². The van der Waals surface area contributed by atoms with Crippen LogP contribution < -0.4 is 10.1 Å². The minimum Gasteiger partial charge on any atom is -0.433 e. The quantitative estimate of drug-likeness (QED) is 0.913. The van der Waals surface area contributed by atoms with Crippen LogP contribution in [0.2, 0.25) is 0 Å². The molecule has 0 aliphatic carbocycles. The van der Waals surface area contributed by atoms with Crippen LogP contribution in [0, 0.1) is 0 Å². The van der Waals surface area contributed by atoms with Crippen molar-refractivity contribution in [3.8, 4) is 5.75 Å². The molecular formula is C18H18F2N2O2. The zero-order chi connectivity index (χ0) is 16.9. The Morgan fingerprint density at radius 2 is 1.83 bits per heavy atom. The summed E-state index contributed by atoms with van der Waals surface area (Å²) in [6, 6.07) is 14.3. The molecule has 126 valence electrons. The zero-order valence-corrected chi connectivity index (χ0v) is 13.0. The van der Waals surface area contributed by atoms with Crippen molar-refractivity contribution in [1.29, 1.82) is 0 Å². The molecule has 1 amide bonds. The Kier molecular flexibility index (Phi) is 5.05. The molecule has 0 spiro atoms. The van der Waals surface area contributed by atoms with Crippen LogP contribution in [0.3, 0.4) is 0 Å². The van der Waals surface area contributed by atoms with Crippen molar-refractivity contribution in [1.82, 2.24) is 4.90 Å². The fourth-order valence-corrected chi connectivity index (χ4v) is 2.85. The van der Waals surface area contributed by atoms with Gasteiger partial charge in [-0.15, -0.1) is 0 Å². The fraction of sp³-hybridized carbons (Fsp3) is 0.278. The number of anilines is 1. The lowest BCUT2D eigenvalue weighted by atomic mass is 10.00. The summed E-state index contributed by atoms with van der Waals surface area (Å²) in [6.07, 6.45) is 0.897. The summed E-state index contributed by atoms with van der Waals surface area (Å²) in [5, 5.41) is 2.65. The third-order valence-electron chi connectivity index (χ3n) is 3.95. The van der Waals surface area contributed by atoms with E-state index in [9.17, 15) is 13.6 Å². The van der Waals surface area contributed by atoms with Gasteiger partial charge in [0.2, 0.25) is 5.91 Å². The van der Waals surface area contributed by atoms with Crippen molar-refractivity contribution in [2.75, 3.05) is 18.4 Å². The van der Waals surface area contributed by atoms with Crippen LogP contribution in [0.1, 0.15) is 11.1 Å². The molecule has 0 atom stereocenters. The van der Waals surface area contributed by atoms with Crippen molar-refractivity contribution in [2.45, 2.75) is 19.6 Å².